The Morgan fingerprint density at radius 2 is 1.81 bits per heavy atom. The molecule has 0 aliphatic carbocycles. The van der Waals surface area contributed by atoms with Crippen molar-refractivity contribution in [3.05, 3.63) is 57.6 Å². The van der Waals surface area contributed by atoms with E-state index in [4.69, 9.17) is 32.7 Å². The van der Waals surface area contributed by atoms with E-state index in [0.717, 1.165) is 22.6 Å². The summed E-state index contributed by atoms with van der Waals surface area (Å²) in [6.45, 7) is 1.00. The molecule has 0 heterocycles. The number of rotatable bonds is 6. The molecule has 0 fully saturated rings. The lowest BCUT2D eigenvalue weighted by atomic mass is 10.2. The zero-order valence-electron chi connectivity index (χ0n) is 12.0. The van der Waals surface area contributed by atoms with Crippen molar-refractivity contribution < 1.29 is 9.47 Å². The molecule has 0 unspecified atom stereocenters. The topological polar surface area (TPSA) is 30.5 Å². The van der Waals surface area contributed by atoms with Crippen LogP contribution in [0, 0.1) is 0 Å². The highest BCUT2D eigenvalue weighted by molar-refractivity contribution is 6.35. The van der Waals surface area contributed by atoms with Crippen molar-refractivity contribution in [2.24, 2.45) is 0 Å². The lowest BCUT2D eigenvalue weighted by molar-refractivity contribution is 0.301. The summed E-state index contributed by atoms with van der Waals surface area (Å²) >= 11 is 12.3. The minimum Gasteiger partial charge on any atom is -0.497 e. The lowest BCUT2D eigenvalue weighted by Gasteiger charge is -2.14. The van der Waals surface area contributed by atoms with Crippen LogP contribution in [0.5, 0.6) is 11.5 Å². The molecule has 0 bridgehead atoms. The van der Waals surface area contributed by atoms with E-state index in [2.05, 4.69) is 5.32 Å². The first-order valence-electron chi connectivity index (χ1n) is 6.53. The Morgan fingerprint density at radius 1 is 1.10 bits per heavy atom. The quantitative estimate of drug-likeness (QED) is 0.858. The summed E-state index contributed by atoms with van der Waals surface area (Å²) in [7, 11) is 3.52. The summed E-state index contributed by atoms with van der Waals surface area (Å²) in [5.74, 6) is 1.57. The van der Waals surface area contributed by atoms with Gasteiger partial charge in [-0.05, 0) is 37.4 Å². The van der Waals surface area contributed by atoms with Gasteiger partial charge in [0.2, 0.25) is 0 Å². The molecule has 21 heavy (non-hydrogen) atoms. The van der Waals surface area contributed by atoms with Crippen molar-refractivity contribution in [3.8, 4) is 11.5 Å². The van der Waals surface area contributed by atoms with Crippen molar-refractivity contribution >= 4 is 23.2 Å². The second-order valence-electron chi connectivity index (χ2n) is 4.49. The Balaban J connectivity index is 2.19. The Kier molecular flexibility index (Phi) is 5.74. The maximum atomic E-state index is 6.15. The van der Waals surface area contributed by atoms with E-state index in [9.17, 15) is 0 Å². The number of hydrogen-bond acceptors (Lipinski definition) is 3. The summed E-state index contributed by atoms with van der Waals surface area (Å²) in [5.41, 5.74) is 1.80. The van der Waals surface area contributed by atoms with Crippen LogP contribution < -0.4 is 14.8 Å². The van der Waals surface area contributed by atoms with Gasteiger partial charge in [0.15, 0.2) is 0 Å². The van der Waals surface area contributed by atoms with Gasteiger partial charge in [0.25, 0.3) is 0 Å². The molecular formula is C16H17Cl2NO2. The molecule has 0 saturated heterocycles. The van der Waals surface area contributed by atoms with E-state index in [0.29, 0.717) is 23.2 Å². The zero-order chi connectivity index (χ0) is 15.2. The molecule has 0 aliphatic heterocycles. The smallest absolute Gasteiger partial charge is 0.124 e. The van der Waals surface area contributed by atoms with Crippen LogP contribution in [0.2, 0.25) is 10.0 Å². The first-order valence-corrected chi connectivity index (χ1v) is 7.28. The van der Waals surface area contributed by atoms with Crippen LogP contribution in [0.1, 0.15) is 11.1 Å². The molecule has 2 rings (SSSR count). The summed E-state index contributed by atoms with van der Waals surface area (Å²) < 4.78 is 11.1. The predicted molar refractivity (Wildman–Crippen MR) is 86.6 cm³/mol. The second kappa shape index (κ2) is 7.55. The Labute approximate surface area is 134 Å². The van der Waals surface area contributed by atoms with Crippen molar-refractivity contribution in [1.82, 2.24) is 5.32 Å². The van der Waals surface area contributed by atoms with Crippen LogP contribution >= 0.6 is 23.2 Å². The summed E-state index contributed by atoms with van der Waals surface area (Å²) in [5, 5.41) is 4.31. The van der Waals surface area contributed by atoms with Gasteiger partial charge < -0.3 is 14.8 Å². The SMILES string of the molecule is CNCc1cc(OC)ccc1OCc1c(Cl)cccc1Cl. The highest BCUT2D eigenvalue weighted by atomic mass is 35.5. The van der Waals surface area contributed by atoms with Gasteiger partial charge in [-0.3, -0.25) is 0 Å². The Hall–Kier alpha value is -1.42. The van der Waals surface area contributed by atoms with Gasteiger partial charge in [-0.15, -0.1) is 0 Å². The minimum atomic E-state index is 0.321. The highest BCUT2D eigenvalue weighted by Crippen LogP contribution is 2.28. The van der Waals surface area contributed by atoms with E-state index in [1.165, 1.54) is 0 Å². The molecule has 0 atom stereocenters. The molecule has 2 aromatic rings. The van der Waals surface area contributed by atoms with E-state index < -0.39 is 0 Å². The molecule has 112 valence electrons. The molecule has 0 aliphatic rings. The average molecular weight is 326 g/mol. The molecule has 1 N–H and O–H groups in total. The van der Waals surface area contributed by atoms with Crippen LogP contribution in [0.4, 0.5) is 0 Å². The average Bonchev–Trinajstić information content (AvgIpc) is 2.48. The van der Waals surface area contributed by atoms with Gasteiger partial charge in [0, 0.05) is 27.7 Å². The Morgan fingerprint density at radius 3 is 2.43 bits per heavy atom. The summed E-state index contributed by atoms with van der Waals surface area (Å²) in [4.78, 5) is 0. The van der Waals surface area contributed by atoms with Gasteiger partial charge in [-0.25, -0.2) is 0 Å². The molecule has 0 aromatic heterocycles. The van der Waals surface area contributed by atoms with Crippen LogP contribution in [0.3, 0.4) is 0 Å². The molecule has 0 spiro atoms. The van der Waals surface area contributed by atoms with Gasteiger partial charge in [-0.1, -0.05) is 29.3 Å². The third kappa shape index (κ3) is 4.03. The molecule has 5 heteroatoms. The van der Waals surface area contributed by atoms with Gasteiger partial charge in [0.1, 0.15) is 18.1 Å². The predicted octanol–water partition coefficient (Wildman–Crippen LogP) is 4.30. The Bertz CT molecular complexity index is 597. The van der Waals surface area contributed by atoms with Crippen LogP contribution in [-0.2, 0) is 13.2 Å². The summed E-state index contributed by atoms with van der Waals surface area (Å²) in [6, 6.07) is 11.1. The molecular weight excluding hydrogens is 309 g/mol. The van der Waals surface area contributed by atoms with Gasteiger partial charge in [0.05, 0.1) is 7.11 Å². The standard InChI is InChI=1S/C16H17Cl2NO2/c1-19-9-11-8-12(20-2)6-7-16(11)21-10-13-14(17)4-3-5-15(13)18/h3-8,19H,9-10H2,1-2H3. The van der Waals surface area contributed by atoms with Crippen LogP contribution in [0.15, 0.2) is 36.4 Å². The first kappa shape index (κ1) is 16.0. The van der Waals surface area contributed by atoms with E-state index >= 15 is 0 Å². The number of methoxy groups -OCH3 is 1. The van der Waals surface area contributed by atoms with Crippen molar-refractivity contribution in [2.75, 3.05) is 14.2 Å². The molecule has 0 radical (unpaired) electrons. The maximum absolute atomic E-state index is 6.15. The normalized spacial score (nSPS) is 10.5. The fourth-order valence-corrected chi connectivity index (χ4v) is 2.48. The van der Waals surface area contributed by atoms with E-state index in [-0.39, 0.29) is 0 Å². The number of benzene rings is 2. The van der Waals surface area contributed by atoms with Crippen molar-refractivity contribution in [3.63, 3.8) is 0 Å². The number of nitrogens with one attached hydrogen (secondary N) is 1. The fraction of sp³-hybridized carbons (Fsp3) is 0.250. The van der Waals surface area contributed by atoms with Crippen molar-refractivity contribution in [1.29, 1.82) is 0 Å². The highest BCUT2D eigenvalue weighted by Gasteiger charge is 2.09. The largest absolute Gasteiger partial charge is 0.497 e. The fourth-order valence-electron chi connectivity index (χ4n) is 1.97. The van der Waals surface area contributed by atoms with Gasteiger partial charge in [-0.2, -0.15) is 0 Å². The van der Waals surface area contributed by atoms with E-state index in [1.807, 2.05) is 31.3 Å². The number of hydrogen-bond donors (Lipinski definition) is 1. The number of halogens is 2. The second-order valence-corrected chi connectivity index (χ2v) is 5.31. The molecule has 0 amide bonds. The van der Waals surface area contributed by atoms with E-state index in [1.54, 1.807) is 19.2 Å². The van der Waals surface area contributed by atoms with Gasteiger partial charge >= 0.3 is 0 Å². The van der Waals surface area contributed by atoms with Crippen molar-refractivity contribution in [2.45, 2.75) is 13.2 Å². The van der Waals surface area contributed by atoms with Crippen LogP contribution in [-0.4, -0.2) is 14.2 Å². The molecule has 2 aromatic carbocycles. The minimum absolute atomic E-state index is 0.321. The molecule has 0 saturated carbocycles. The van der Waals surface area contributed by atoms with Crippen LogP contribution in [0.25, 0.3) is 0 Å². The third-order valence-corrected chi connectivity index (χ3v) is 3.78. The lowest BCUT2D eigenvalue weighted by Crippen LogP contribution is -2.08. The third-order valence-electron chi connectivity index (χ3n) is 3.07. The molecule has 3 nitrogen and oxygen atoms in total. The first-order chi connectivity index (χ1) is 10.2. The maximum Gasteiger partial charge on any atom is 0.124 e. The summed E-state index contributed by atoms with van der Waals surface area (Å²) in [6.07, 6.45) is 0. The zero-order valence-corrected chi connectivity index (χ0v) is 13.5. The number of ether oxygens (including phenoxy) is 2. The monoisotopic (exact) mass is 325 g/mol.